The molecule has 0 radical (unpaired) electrons. The molecule has 0 atom stereocenters. The molecule has 0 unspecified atom stereocenters. The molecule has 8 nitrogen and oxygen atoms in total. The molecule has 3 N–H and O–H groups in total. The van der Waals surface area contributed by atoms with Crippen LogP contribution in [-0.2, 0) is 17.6 Å². The highest BCUT2D eigenvalue weighted by Gasteiger charge is 2.27. The van der Waals surface area contributed by atoms with Crippen LogP contribution in [0.5, 0.6) is 6.01 Å². The van der Waals surface area contributed by atoms with Crippen LogP contribution in [0.2, 0.25) is 0 Å². The second-order valence-electron chi connectivity index (χ2n) is 8.80. The molecule has 1 aromatic carbocycles. The summed E-state index contributed by atoms with van der Waals surface area (Å²) in [5.41, 5.74) is 12.6. The zero-order chi connectivity index (χ0) is 25.0. The van der Waals surface area contributed by atoms with Crippen molar-refractivity contribution < 1.29 is 14.6 Å². The van der Waals surface area contributed by atoms with Crippen LogP contribution in [0.1, 0.15) is 68.7 Å². The number of aromatic nitrogens is 2. The van der Waals surface area contributed by atoms with Gasteiger partial charge in [0.15, 0.2) is 0 Å². The largest absolute Gasteiger partial charge is 0.483 e. The van der Waals surface area contributed by atoms with E-state index in [1.807, 2.05) is 0 Å². The number of carbonyl (C=O) groups is 1. The molecule has 1 aliphatic carbocycles. The smallest absolute Gasteiger partial charge is 0.318 e. The van der Waals surface area contributed by atoms with E-state index in [1.165, 1.54) is 24.1 Å². The molecular weight excluding hydrogens is 442 g/mol. The molecule has 0 saturated carbocycles. The summed E-state index contributed by atoms with van der Waals surface area (Å²) in [5.74, 6) is 0.438. The van der Waals surface area contributed by atoms with Crippen LogP contribution in [0.15, 0.2) is 29.8 Å². The van der Waals surface area contributed by atoms with Gasteiger partial charge in [-0.1, -0.05) is 38.0 Å². The number of carboxylic acid groups (broad SMARTS) is 1. The molecule has 4 rings (SSSR count). The Morgan fingerprint density at radius 3 is 2.80 bits per heavy atom. The van der Waals surface area contributed by atoms with Crippen molar-refractivity contribution in [1.82, 2.24) is 9.97 Å². The molecule has 186 valence electrons. The van der Waals surface area contributed by atoms with Gasteiger partial charge in [-0.3, -0.25) is 4.79 Å². The van der Waals surface area contributed by atoms with Crippen LogP contribution in [0.4, 0.5) is 11.5 Å². The highest BCUT2D eigenvalue weighted by atomic mass is 16.5. The minimum absolute atomic E-state index is 0.250. The number of allylic oxidation sites excluding steroid dienone is 2. The lowest BCUT2D eigenvalue weighted by molar-refractivity contribution is -0.122. The Morgan fingerprint density at radius 2 is 2.03 bits per heavy atom. The van der Waals surface area contributed by atoms with Gasteiger partial charge in [-0.2, -0.15) is 15.2 Å². The molecule has 2 heterocycles. The van der Waals surface area contributed by atoms with Crippen LogP contribution >= 0.6 is 0 Å². The van der Waals surface area contributed by atoms with Gasteiger partial charge in [-0.15, -0.1) is 0 Å². The number of hydrogen-bond donors (Lipinski definition) is 2. The van der Waals surface area contributed by atoms with Gasteiger partial charge in [-0.05, 0) is 55.7 Å². The number of hydrogen-bond acceptors (Lipinski definition) is 7. The number of nitrogens with zero attached hydrogens (tertiary/aromatic N) is 4. The number of unbranched alkanes of at least 4 members (excludes halogenated alkanes) is 3. The van der Waals surface area contributed by atoms with Crippen molar-refractivity contribution in [2.24, 2.45) is 0 Å². The van der Waals surface area contributed by atoms with Gasteiger partial charge >= 0.3 is 6.01 Å². The van der Waals surface area contributed by atoms with E-state index in [0.29, 0.717) is 24.9 Å². The molecule has 1 aromatic heterocycles. The first-order valence-corrected chi connectivity index (χ1v) is 12.4. The summed E-state index contributed by atoms with van der Waals surface area (Å²) in [4.78, 5) is 19.8. The number of nitrogens with two attached hydrogens (primary N) is 1. The minimum Gasteiger partial charge on any atom is -0.483 e. The summed E-state index contributed by atoms with van der Waals surface area (Å²) in [5, 5.41) is 16.6. The number of anilines is 2. The van der Waals surface area contributed by atoms with Gasteiger partial charge in [0.25, 0.3) is 6.47 Å². The number of para-hydroxylation sites is 1. The minimum atomic E-state index is -0.250. The lowest BCUT2D eigenvalue weighted by atomic mass is 10.0. The van der Waals surface area contributed by atoms with E-state index >= 15 is 0 Å². The van der Waals surface area contributed by atoms with Crippen LogP contribution in [0.3, 0.4) is 0 Å². The number of benzene rings is 1. The van der Waals surface area contributed by atoms with E-state index < -0.39 is 0 Å². The quantitative estimate of drug-likeness (QED) is 0.370. The first-order valence-electron chi connectivity index (χ1n) is 12.4. The summed E-state index contributed by atoms with van der Waals surface area (Å²) in [6.45, 7) is 4.68. The molecular formula is C27H35N5O3. The Labute approximate surface area is 207 Å². The van der Waals surface area contributed by atoms with E-state index in [-0.39, 0.29) is 6.47 Å². The Kier molecular flexibility index (Phi) is 9.91. The number of nitriles is 1. The zero-order valence-corrected chi connectivity index (χ0v) is 20.5. The SMILES string of the molecule is CCCCOc1nc(N)c2c(n1)C(CCCCCN1CCCc3ccccc31)=C(C#N)C2.O=CO. The van der Waals surface area contributed by atoms with Gasteiger partial charge < -0.3 is 20.5 Å². The monoisotopic (exact) mass is 477 g/mol. The number of fused-ring (bicyclic) bond motifs is 2. The van der Waals surface area contributed by atoms with Crippen molar-refractivity contribution in [3.8, 4) is 12.1 Å². The van der Waals surface area contributed by atoms with Crippen molar-refractivity contribution in [3.05, 3.63) is 46.7 Å². The molecule has 0 bridgehead atoms. The van der Waals surface area contributed by atoms with E-state index in [0.717, 1.165) is 74.0 Å². The van der Waals surface area contributed by atoms with Gasteiger partial charge in [-0.25, -0.2) is 0 Å². The molecule has 8 heteroatoms. The van der Waals surface area contributed by atoms with E-state index in [4.69, 9.17) is 20.4 Å². The summed E-state index contributed by atoms with van der Waals surface area (Å²) < 4.78 is 5.70. The van der Waals surface area contributed by atoms with Gasteiger partial charge in [0, 0.05) is 36.3 Å². The number of aryl methyl sites for hydroxylation is 1. The molecule has 35 heavy (non-hydrogen) atoms. The summed E-state index contributed by atoms with van der Waals surface area (Å²) in [6.07, 6.45) is 9.10. The maximum atomic E-state index is 9.67. The van der Waals surface area contributed by atoms with Gasteiger partial charge in [0.2, 0.25) is 0 Å². The van der Waals surface area contributed by atoms with Crippen LogP contribution < -0.4 is 15.4 Å². The third-order valence-corrected chi connectivity index (χ3v) is 6.45. The Bertz CT molecular complexity index is 1080. The van der Waals surface area contributed by atoms with Gasteiger partial charge in [0.1, 0.15) is 5.82 Å². The average Bonchev–Trinajstić information content (AvgIpc) is 3.23. The highest BCUT2D eigenvalue weighted by molar-refractivity contribution is 5.79. The van der Waals surface area contributed by atoms with Crippen molar-refractivity contribution in [1.29, 1.82) is 5.26 Å². The molecule has 0 saturated heterocycles. The van der Waals surface area contributed by atoms with E-state index in [1.54, 1.807) is 0 Å². The highest BCUT2D eigenvalue weighted by Crippen LogP contribution is 2.38. The van der Waals surface area contributed by atoms with Crippen LogP contribution in [0, 0.1) is 11.3 Å². The molecule has 0 fully saturated rings. The third-order valence-electron chi connectivity index (χ3n) is 6.45. The Balaban J connectivity index is 0.00000108. The summed E-state index contributed by atoms with van der Waals surface area (Å²) >= 11 is 0. The zero-order valence-electron chi connectivity index (χ0n) is 20.5. The lowest BCUT2D eigenvalue weighted by Crippen LogP contribution is -2.30. The van der Waals surface area contributed by atoms with Crippen molar-refractivity contribution >= 4 is 23.6 Å². The van der Waals surface area contributed by atoms with Gasteiger partial charge in [0.05, 0.1) is 18.4 Å². The number of ether oxygens (including phenoxy) is 1. The van der Waals surface area contributed by atoms with E-state index in [9.17, 15) is 5.26 Å². The van der Waals surface area contributed by atoms with Crippen molar-refractivity contribution in [3.63, 3.8) is 0 Å². The third kappa shape index (κ3) is 6.72. The molecule has 1 aliphatic heterocycles. The molecule has 2 aliphatic rings. The number of nitrogen functional groups attached to an aromatic ring is 1. The first-order chi connectivity index (χ1) is 17.1. The number of rotatable bonds is 10. The summed E-state index contributed by atoms with van der Waals surface area (Å²) in [7, 11) is 0. The fourth-order valence-electron chi connectivity index (χ4n) is 4.70. The maximum Gasteiger partial charge on any atom is 0.318 e. The average molecular weight is 478 g/mol. The second kappa shape index (κ2) is 13.3. The maximum absolute atomic E-state index is 9.67. The Morgan fingerprint density at radius 1 is 1.23 bits per heavy atom. The predicted octanol–water partition coefficient (Wildman–Crippen LogP) is 4.78. The first kappa shape index (κ1) is 26.0. The van der Waals surface area contributed by atoms with Crippen molar-refractivity contribution in [2.45, 2.75) is 64.7 Å². The topological polar surface area (TPSA) is 125 Å². The fraction of sp³-hybridized carbons (Fsp3) is 0.481. The molecule has 0 spiro atoms. The standard InChI is InChI=1S/C26H33N5O.CH2O2/c1-2-3-16-32-26-29-24-21(20(18-27)17-22(24)25(28)30-26)12-5-4-8-14-31-15-9-11-19-10-6-7-13-23(19)31;2-1-3/h6-7,10,13H,2-5,8-9,11-12,14-17H2,1H3,(H2,28,29,30);1H,(H,2,3). The predicted molar refractivity (Wildman–Crippen MR) is 137 cm³/mol. The van der Waals surface area contributed by atoms with Crippen LogP contribution in [0.25, 0.3) is 5.57 Å². The molecule has 2 aromatic rings. The van der Waals surface area contributed by atoms with Crippen molar-refractivity contribution in [2.75, 3.05) is 30.3 Å². The lowest BCUT2D eigenvalue weighted by Gasteiger charge is -2.31. The molecule has 0 amide bonds. The fourth-order valence-corrected chi connectivity index (χ4v) is 4.70. The normalized spacial score (nSPS) is 13.9. The second-order valence-corrected chi connectivity index (χ2v) is 8.80. The van der Waals surface area contributed by atoms with E-state index in [2.05, 4.69) is 52.1 Å². The summed E-state index contributed by atoms with van der Waals surface area (Å²) in [6, 6.07) is 11.5. The Hall–Kier alpha value is -3.60. The van der Waals surface area contributed by atoms with Crippen LogP contribution in [-0.4, -0.2) is 41.2 Å².